The van der Waals surface area contributed by atoms with Crippen LogP contribution in [0.25, 0.3) is 0 Å². The number of nitrogens with zero attached hydrogens (tertiary/aromatic N) is 3. The number of fused-ring (bicyclic) bond motifs is 1. The van der Waals surface area contributed by atoms with E-state index in [9.17, 15) is 0 Å². The summed E-state index contributed by atoms with van der Waals surface area (Å²) in [5, 5.41) is 0.707. The second-order valence-corrected chi connectivity index (χ2v) is 6.93. The number of halogens is 1. The number of aliphatic imine (C=N–C) groups is 2. The highest BCUT2D eigenvalue weighted by Crippen LogP contribution is 2.34. The van der Waals surface area contributed by atoms with Gasteiger partial charge < -0.3 is 9.64 Å². The van der Waals surface area contributed by atoms with Gasteiger partial charge in [-0.25, -0.2) is 4.99 Å². The molecule has 0 fully saturated rings. The van der Waals surface area contributed by atoms with Gasteiger partial charge in [0.1, 0.15) is 11.6 Å². The Bertz CT molecular complexity index is 1060. The molecule has 0 bridgehead atoms. The highest BCUT2D eigenvalue weighted by atomic mass is 35.5. The highest BCUT2D eigenvalue weighted by Gasteiger charge is 2.20. The number of methoxy groups -OCH3 is 1. The second kappa shape index (κ2) is 7.87. The highest BCUT2D eigenvalue weighted by molar-refractivity contribution is 6.30. The topological polar surface area (TPSA) is 37.2 Å². The van der Waals surface area contributed by atoms with Crippen LogP contribution in [0, 0.1) is 0 Å². The van der Waals surface area contributed by atoms with Crippen LogP contribution in [0.15, 0.2) is 82.8 Å². The predicted octanol–water partition coefficient (Wildman–Crippen LogP) is 6.04. The normalized spacial score (nSPS) is 13.1. The number of ether oxygens (including phenoxy) is 1. The molecule has 4 nitrogen and oxygen atoms in total. The lowest BCUT2D eigenvalue weighted by atomic mass is 10.1. The molecule has 0 N–H and O–H groups in total. The van der Waals surface area contributed by atoms with Crippen molar-refractivity contribution in [3.63, 3.8) is 0 Å². The molecule has 0 atom stereocenters. The molecule has 5 heteroatoms. The van der Waals surface area contributed by atoms with E-state index in [4.69, 9.17) is 26.3 Å². The molecule has 140 valence electrons. The summed E-state index contributed by atoms with van der Waals surface area (Å²) < 4.78 is 5.54. The van der Waals surface area contributed by atoms with E-state index in [0.717, 1.165) is 39.9 Å². The van der Waals surface area contributed by atoms with Crippen molar-refractivity contribution in [3.05, 3.63) is 83.4 Å². The van der Waals surface area contributed by atoms with Gasteiger partial charge in [0.2, 0.25) is 0 Å². The quantitative estimate of drug-likeness (QED) is 0.547. The third-order valence-corrected chi connectivity index (χ3v) is 4.98. The first-order valence-corrected chi connectivity index (χ1v) is 9.40. The maximum atomic E-state index is 6.07. The Kier molecular flexibility index (Phi) is 5.13. The molecule has 0 saturated heterocycles. The van der Waals surface area contributed by atoms with Crippen molar-refractivity contribution in [1.82, 2.24) is 0 Å². The largest absolute Gasteiger partial charge is 0.495 e. The SMILES string of the molecule is COc1ccccc1N(C)C1=Nc2ccccc2N=C(c2ccc(Cl)cc2)C1. The summed E-state index contributed by atoms with van der Waals surface area (Å²) in [6, 6.07) is 23.6. The van der Waals surface area contributed by atoms with E-state index in [-0.39, 0.29) is 0 Å². The third-order valence-electron chi connectivity index (χ3n) is 4.72. The number of hydrogen-bond acceptors (Lipinski definition) is 4. The van der Waals surface area contributed by atoms with Crippen LogP contribution in [0.2, 0.25) is 5.02 Å². The van der Waals surface area contributed by atoms with Gasteiger partial charge in [-0.15, -0.1) is 0 Å². The molecule has 1 aliphatic rings. The number of benzene rings is 3. The molecule has 0 unspecified atom stereocenters. The average Bonchev–Trinajstić information content (AvgIpc) is 2.93. The molecule has 3 aromatic carbocycles. The van der Waals surface area contributed by atoms with Crippen molar-refractivity contribution in [1.29, 1.82) is 0 Å². The summed E-state index contributed by atoms with van der Waals surface area (Å²) in [7, 11) is 3.68. The predicted molar refractivity (Wildman–Crippen MR) is 117 cm³/mol. The molecule has 1 aliphatic heterocycles. The van der Waals surface area contributed by atoms with Crippen molar-refractivity contribution in [2.45, 2.75) is 6.42 Å². The van der Waals surface area contributed by atoms with Crippen LogP contribution in [0.5, 0.6) is 5.75 Å². The van der Waals surface area contributed by atoms with Crippen LogP contribution in [0.4, 0.5) is 17.1 Å². The summed E-state index contributed by atoms with van der Waals surface area (Å²) in [6.45, 7) is 0. The standard InChI is InChI=1S/C23H20ClN3O/c1-27(21-9-5-6-10-22(21)28-2)23-15-20(16-11-13-17(24)14-12-16)25-18-7-3-4-8-19(18)26-23/h3-14H,15H2,1-2H3. The van der Waals surface area contributed by atoms with Crippen LogP contribution in [-0.4, -0.2) is 25.7 Å². The van der Waals surface area contributed by atoms with Crippen molar-refractivity contribution < 1.29 is 4.74 Å². The first-order valence-electron chi connectivity index (χ1n) is 9.02. The Morgan fingerprint density at radius 3 is 2.21 bits per heavy atom. The van der Waals surface area contributed by atoms with E-state index in [1.807, 2.05) is 79.8 Å². The Labute approximate surface area is 169 Å². The lowest BCUT2D eigenvalue weighted by Gasteiger charge is -2.23. The fourth-order valence-electron chi connectivity index (χ4n) is 3.21. The fraction of sp³-hybridized carbons (Fsp3) is 0.130. The van der Waals surface area contributed by atoms with Gasteiger partial charge in [0.15, 0.2) is 0 Å². The van der Waals surface area contributed by atoms with Crippen molar-refractivity contribution in [2.24, 2.45) is 9.98 Å². The van der Waals surface area contributed by atoms with E-state index < -0.39 is 0 Å². The van der Waals surface area contributed by atoms with E-state index in [1.54, 1.807) is 7.11 Å². The number of rotatable bonds is 3. The molecule has 0 radical (unpaired) electrons. The first kappa shape index (κ1) is 18.3. The Morgan fingerprint density at radius 2 is 1.50 bits per heavy atom. The summed E-state index contributed by atoms with van der Waals surface area (Å²) in [6.07, 6.45) is 0.588. The van der Waals surface area contributed by atoms with Gasteiger partial charge in [0.25, 0.3) is 0 Å². The summed E-state index contributed by atoms with van der Waals surface area (Å²) in [5.74, 6) is 1.69. The molecule has 0 saturated carbocycles. The van der Waals surface area contributed by atoms with Gasteiger partial charge in [-0.1, -0.05) is 48.0 Å². The van der Waals surface area contributed by atoms with Crippen LogP contribution in [-0.2, 0) is 0 Å². The van der Waals surface area contributed by atoms with E-state index in [1.165, 1.54) is 0 Å². The molecule has 0 aromatic heterocycles. The molecule has 3 aromatic rings. The van der Waals surface area contributed by atoms with Crippen LogP contribution < -0.4 is 9.64 Å². The van der Waals surface area contributed by atoms with Crippen LogP contribution in [0.1, 0.15) is 12.0 Å². The van der Waals surface area contributed by atoms with E-state index in [2.05, 4.69) is 4.90 Å². The minimum atomic E-state index is 0.588. The number of hydrogen-bond donors (Lipinski definition) is 0. The molecular weight excluding hydrogens is 370 g/mol. The van der Waals surface area contributed by atoms with Crippen molar-refractivity contribution in [3.8, 4) is 5.75 Å². The number of anilines is 1. The van der Waals surface area contributed by atoms with E-state index in [0.29, 0.717) is 11.4 Å². The lowest BCUT2D eigenvalue weighted by molar-refractivity contribution is 0.416. The summed E-state index contributed by atoms with van der Waals surface area (Å²) >= 11 is 6.07. The number of para-hydroxylation sites is 4. The zero-order valence-electron chi connectivity index (χ0n) is 15.8. The first-order chi connectivity index (χ1) is 13.7. The fourth-order valence-corrected chi connectivity index (χ4v) is 3.34. The minimum Gasteiger partial charge on any atom is -0.495 e. The Balaban J connectivity index is 1.80. The molecule has 0 spiro atoms. The molecule has 1 heterocycles. The van der Waals surface area contributed by atoms with Gasteiger partial charge in [0, 0.05) is 18.5 Å². The van der Waals surface area contributed by atoms with Gasteiger partial charge in [0.05, 0.1) is 29.9 Å². The molecule has 28 heavy (non-hydrogen) atoms. The van der Waals surface area contributed by atoms with Gasteiger partial charge in [-0.2, -0.15) is 0 Å². The van der Waals surface area contributed by atoms with Crippen LogP contribution >= 0.6 is 11.6 Å². The smallest absolute Gasteiger partial charge is 0.142 e. The molecular formula is C23H20ClN3O. The van der Waals surface area contributed by atoms with Gasteiger partial charge >= 0.3 is 0 Å². The molecule has 0 amide bonds. The Morgan fingerprint density at radius 1 is 0.857 bits per heavy atom. The average molecular weight is 390 g/mol. The second-order valence-electron chi connectivity index (χ2n) is 6.49. The summed E-state index contributed by atoms with van der Waals surface area (Å²) in [5.41, 5.74) is 4.64. The minimum absolute atomic E-state index is 0.588. The van der Waals surface area contributed by atoms with Gasteiger partial charge in [-0.3, -0.25) is 4.99 Å². The van der Waals surface area contributed by atoms with Crippen molar-refractivity contribution in [2.75, 3.05) is 19.1 Å². The summed E-state index contributed by atoms with van der Waals surface area (Å²) in [4.78, 5) is 11.9. The zero-order valence-corrected chi connectivity index (χ0v) is 16.5. The zero-order chi connectivity index (χ0) is 19.5. The van der Waals surface area contributed by atoms with E-state index >= 15 is 0 Å². The van der Waals surface area contributed by atoms with Gasteiger partial charge in [-0.05, 0) is 42.0 Å². The Hall–Kier alpha value is -3.11. The van der Waals surface area contributed by atoms with Crippen molar-refractivity contribution >= 4 is 40.2 Å². The molecule has 4 rings (SSSR count). The molecule has 0 aliphatic carbocycles. The monoisotopic (exact) mass is 389 g/mol. The third kappa shape index (κ3) is 3.64. The maximum Gasteiger partial charge on any atom is 0.142 e. The van der Waals surface area contributed by atoms with Crippen LogP contribution in [0.3, 0.4) is 0 Å². The maximum absolute atomic E-state index is 6.07. The lowest BCUT2D eigenvalue weighted by Crippen LogP contribution is -2.28. The number of amidine groups is 1.